The van der Waals surface area contributed by atoms with Crippen LogP contribution in [0, 0.1) is 0 Å². The lowest BCUT2D eigenvalue weighted by Crippen LogP contribution is -2.46. The van der Waals surface area contributed by atoms with Gasteiger partial charge in [-0.05, 0) is 32.1 Å². The predicted octanol–water partition coefficient (Wildman–Crippen LogP) is 0.272. The molecule has 102 valence electrons. The van der Waals surface area contributed by atoms with E-state index in [4.69, 9.17) is 9.47 Å². The minimum absolute atomic E-state index is 0.183. The molecule has 2 aliphatic rings. The van der Waals surface area contributed by atoms with Gasteiger partial charge in [0.05, 0.1) is 6.10 Å². The highest BCUT2D eigenvalue weighted by Gasteiger charge is 2.24. The largest absolute Gasteiger partial charge is 0.378 e. The molecule has 0 radical (unpaired) electrons. The number of amides is 2. The van der Waals surface area contributed by atoms with Gasteiger partial charge in [0.15, 0.2) is 0 Å². The number of ether oxygens (including phenoxy) is 2. The van der Waals surface area contributed by atoms with Gasteiger partial charge in [-0.3, -0.25) is 20.4 Å². The molecule has 0 spiro atoms. The first kappa shape index (κ1) is 13.3. The Kier molecular flexibility index (Phi) is 4.95. The number of rotatable bonds is 4. The Bertz CT molecular complexity index is 296. The van der Waals surface area contributed by atoms with Crippen molar-refractivity contribution in [3.8, 4) is 0 Å². The molecule has 2 N–H and O–H groups in total. The van der Waals surface area contributed by atoms with Crippen LogP contribution in [0.15, 0.2) is 0 Å². The maximum absolute atomic E-state index is 11.5. The van der Waals surface area contributed by atoms with Crippen molar-refractivity contribution in [2.45, 2.75) is 50.7 Å². The highest BCUT2D eigenvalue weighted by molar-refractivity contribution is 5.84. The Morgan fingerprint density at radius 1 is 1.06 bits per heavy atom. The lowest BCUT2D eigenvalue weighted by atomic mass is 10.1. The van der Waals surface area contributed by atoms with Crippen molar-refractivity contribution in [3.63, 3.8) is 0 Å². The van der Waals surface area contributed by atoms with Gasteiger partial charge in [0.25, 0.3) is 5.91 Å². The molecule has 0 aromatic heterocycles. The first-order valence-electron chi connectivity index (χ1n) is 6.57. The average Bonchev–Trinajstić information content (AvgIpc) is 3.05. The van der Waals surface area contributed by atoms with E-state index in [0.717, 1.165) is 32.3 Å². The van der Waals surface area contributed by atoms with Gasteiger partial charge < -0.3 is 9.47 Å². The monoisotopic (exact) mass is 256 g/mol. The van der Waals surface area contributed by atoms with Crippen molar-refractivity contribution in [3.05, 3.63) is 0 Å². The first-order valence-corrected chi connectivity index (χ1v) is 6.57. The van der Waals surface area contributed by atoms with Gasteiger partial charge in [-0.2, -0.15) is 0 Å². The Hall–Kier alpha value is -1.14. The number of hydrogen-bond acceptors (Lipinski definition) is 4. The summed E-state index contributed by atoms with van der Waals surface area (Å²) in [4.78, 5) is 23.0. The van der Waals surface area contributed by atoms with Gasteiger partial charge in [0.2, 0.25) is 5.91 Å². The summed E-state index contributed by atoms with van der Waals surface area (Å²) in [6.45, 7) is 1.41. The Morgan fingerprint density at radius 2 is 1.83 bits per heavy atom. The SMILES string of the molecule is O=C(CCC1CCCO1)NNC(=O)C1CCCO1. The van der Waals surface area contributed by atoms with Crippen molar-refractivity contribution >= 4 is 11.8 Å². The molecule has 0 saturated carbocycles. The van der Waals surface area contributed by atoms with Crippen molar-refractivity contribution in [2.75, 3.05) is 13.2 Å². The highest BCUT2D eigenvalue weighted by atomic mass is 16.5. The topological polar surface area (TPSA) is 76.7 Å². The van der Waals surface area contributed by atoms with Crippen LogP contribution in [0.4, 0.5) is 0 Å². The summed E-state index contributed by atoms with van der Waals surface area (Å²) in [5, 5.41) is 0. The van der Waals surface area contributed by atoms with Crippen molar-refractivity contribution in [2.24, 2.45) is 0 Å². The predicted molar refractivity (Wildman–Crippen MR) is 63.5 cm³/mol. The molecule has 0 bridgehead atoms. The van der Waals surface area contributed by atoms with Crippen LogP contribution in [0.3, 0.4) is 0 Å². The smallest absolute Gasteiger partial charge is 0.267 e. The number of carbonyl (C=O) groups excluding carboxylic acids is 2. The Balaban J connectivity index is 1.57. The molecule has 2 fully saturated rings. The van der Waals surface area contributed by atoms with E-state index in [1.165, 1.54) is 0 Å². The van der Waals surface area contributed by atoms with E-state index in [0.29, 0.717) is 19.4 Å². The zero-order chi connectivity index (χ0) is 12.8. The molecule has 18 heavy (non-hydrogen) atoms. The van der Waals surface area contributed by atoms with Crippen LogP contribution in [-0.2, 0) is 19.1 Å². The maximum Gasteiger partial charge on any atom is 0.267 e. The summed E-state index contributed by atoms with van der Waals surface area (Å²) in [7, 11) is 0. The second-order valence-electron chi connectivity index (χ2n) is 4.71. The fourth-order valence-corrected chi connectivity index (χ4v) is 2.22. The zero-order valence-electron chi connectivity index (χ0n) is 10.4. The molecule has 2 amide bonds. The third kappa shape index (κ3) is 3.96. The molecular weight excluding hydrogens is 236 g/mol. The minimum atomic E-state index is -0.413. The molecule has 0 aliphatic carbocycles. The zero-order valence-corrected chi connectivity index (χ0v) is 10.4. The summed E-state index contributed by atoms with van der Waals surface area (Å²) in [6.07, 6.45) is 4.58. The molecule has 2 aliphatic heterocycles. The Labute approximate surface area is 106 Å². The third-order valence-corrected chi connectivity index (χ3v) is 3.26. The van der Waals surface area contributed by atoms with E-state index < -0.39 is 6.10 Å². The summed E-state index contributed by atoms with van der Waals surface area (Å²) < 4.78 is 10.6. The lowest BCUT2D eigenvalue weighted by molar-refractivity contribution is -0.135. The summed E-state index contributed by atoms with van der Waals surface area (Å²) in [5.74, 6) is -0.449. The van der Waals surface area contributed by atoms with E-state index in [1.54, 1.807) is 0 Å². The summed E-state index contributed by atoms with van der Waals surface area (Å²) in [5.41, 5.74) is 4.80. The normalized spacial score (nSPS) is 27.1. The van der Waals surface area contributed by atoms with Crippen LogP contribution in [0.5, 0.6) is 0 Å². The Morgan fingerprint density at radius 3 is 2.50 bits per heavy atom. The lowest BCUT2D eigenvalue weighted by Gasteiger charge is -2.12. The number of carbonyl (C=O) groups is 2. The van der Waals surface area contributed by atoms with Gasteiger partial charge >= 0.3 is 0 Å². The van der Waals surface area contributed by atoms with Gasteiger partial charge in [0.1, 0.15) is 6.10 Å². The van der Waals surface area contributed by atoms with E-state index in [1.807, 2.05) is 0 Å². The number of nitrogens with one attached hydrogen (secondary N) is 2. The summed E-state index contributed by atoms with van der Waals surface area (Å²) in [6, 6.07) is 0. The van der Waals surface area contributed by atoms with Crippen molar-refractivity contribution < 1.29 is 19.1 Å². The van der Waals surface area contributed by atoms with Crippen LogP contribution >= 0.6 is 0 Å². The molecule has 2 atom stereocenters. The summed E-state index contributed by atoms with van der Waals surface area (Å²) >= 11 is 0. The van der Waals surface area contributed by atoms with Crippen molar-refractivity contribution in [1.29, 1.82) is 0 Å². The van der Waals surface area contributed by atoms with E-state index in [2.05, 4.69) is 10.9 Å². The quantitative estimate of drug-likeness (QED) is 0.708. The molecule has 6 heteroatoms. The van der Waals surface area contributed by atoms with Crippen LogP contribution in [-0.4, -0.2) is 37.2 Å². The van der Waals surface area contributed by atoms with Crippen molar-refractivity contribution in [1.82, 2.24) is 10.9 Å². The first-order chi connectivity index (χ1) is 8.75. The maximum atomic E-state index is 11.5. The van der Waals surface area contributed by atoms with E-state index in [9.17, 15) is 9.59 Å². The van der Waals surface area contributed by atoms with Gasteiger partial charge in [-0.25, -0.2) is 0 Å². The second-order valence-corrected chi connectivity index (χ2v) is 4.71. The molecule has 6 nitrogen and oxygen atoms in total. The van der Waals surface area contributed by atoms with Crippen LogP contribution in [0.25, 0.3) is 0 Å². The van der Waals surface area contributed by atoms with Crippen LogP contribution < -0.4 is 10.9 Å². The molecule has 2 saturated heterocycles. The highest BCUT2D eigenvalue weighted by Crippen LogP contribution is 2.16. The second kappa shape index (κ2) is 6.70. The van der Waals surface area contributed by atoms with Gasteiger partial charge in [-0.1, -0.05) is 0 Å². The number of hydrazine groups is 1. The van der Waals surface area contributed by atoms with E-state index in [-0.39, 0.29) is 17.9 Å². The minimum Gasteiger partial charge on any atom is -0.378 e. The molecule has 2 rings (SSSR count). The standard InChI is InChI=1S/C12H20N2O4/c15-11(6-5-9-3-1-7-17-9)13-14-12(16)10-4-2-8-18-10/h9-10H,1-8H2,(H,13,15)(H,14,16). The molecule has 0 aromatic rings. The van der Waals surface area contributed by atoms with Crippen LogP contribution in [0.1, 0.15) is 38.5 Å². The third-order valence-electron chi connectivity index (χ3n) is 3.26. The number of hydrogen-bond donors (Lipinski definition) is 2. The fraction of sp³-hybridized carbons (Fsp3) is 0.833. The fourth-order valence-electron chi connectivity index (χ4n) is 2.22. The molecular formula is C12H20N2O4. The molecule has 0 aromatic carbocycles. The van der Waals surface area contributed by atoms with Gasteiger partial charge in [0, 0.05) is 19.6 Å². The average molecular weight is 256 g/mol. The molecule has 2 unspecified atom stereocenters. The molecule has 2 heterocycles. The van der Waals surface area contributed by atoms with Gasteiger partial charge in [-0.15, -0.1) is 0 Å². The van der Waals surface area contributed by atoms with Crippen LogP contribution in [0.2, 0.25) is 0 Å². The van der Waals surface area contributed by atoms with E-state index >= 15 is 0 Å².